The number of hydrogen-bond acceptors (Lipinski definition) is 4. The molecule has 2 aliphatic rings. The van der Waals surface area contributed by atoms with Crippen molar-refractivity contribution in [2.75, 3.05) is 16.4 Å². The smallest absolute Gasteiger partial charge is 0.279 e. The maximum Gasteiger partial charge on any atom is 0.279 e. The Morgan fingerprint density at radius 1 is 1.07 bits per heavy atom. The molecule has 0 radical (unpaired) electrons. The van der Waals surface area contributed by atoms with E-state index in [4.69, 9.17) is 23.2 Å². The lowest BCUT2D eigenvalue weighted by atomic mass is 10.2. The van der Waals surface area contributed by atoms with E-state index in [9.17, 15) is 13.2 Å². The van der Waals surface area contributed by atoms with Crippen LogP contribution < -0.4 is 4.90 Å². The third-order valence-electron chi connectivity index (χ3n) is 4.48. The molecule has 0 aliphatic carbocycles. The Hall–Kier alpha value is -1.54. The van der Waals surface area contributed by atoms with Gasteiger partial charge in [0.1, 0.15) is 0 Å². The van der Waals surface area contributed by atoms with Crippen LogP contribution >= 0.6 is 35.0 Å². The summed E-state index contributed by atoms with van der Waals surface area (Å²) >= 11 is 13.8. The fourth-order valence-corrected chi connectivity index (χ4v) is 7.55. The lowest BCUT2D eigenvalue weighted by Crippen LogP contribution is -2.38. The number of halogens is 2. The van der Waals surface area contributed by atoms with E-state index >= 15 is 0 Å². The van der Waals surface area contributed by atoms with Crippen molar-refractivity contribution >= 4 is 61.6 Å². The Kier molecular flexibility index (Phi) is 4.96. The average Bonchev–Trinajstić information content (AvgIpc) is 3.09. The Morgan fingerprint density at radius 3 is 2.56 bits per heavy atom. The SMILES string of the molecule is O=C(N=C1S[C@H]2CS(=O)(=O)C[C@H]2N1c1cccc(Cl)c1Cl)c1ccccc1. The highest BCUT2D eigenvalue weighted by Crippen LogP contribution is 2.44. The fourth-order valence-electron chi connectivity index (χ4n) is 3.26. The van der Waals surface area contributed by atoms with Crippen molar-refractivity contribution in [1.29, 1.82) is 0 Å². The molecule has 27 heavy (non-hydrogen) atoms. The van der Waals surface area contributed by atoms with Crippen molar-refractivity contribution in [3.63, 3.8) is 0 Å². The number of rotatable bonds is 2. The third-order valence-corrected chi connectivity index (χ3v) is 8.49. The van der Waals surface area contributed by atoms with Crippen molar-refractivity contribution < 1.29 is 13.2 Å². The first kappa shape index (κ1) is 18.8. The molecule has 9 heteroatoms. The molecule has 2 aromatic rings. The van der Waals surface area contributed by atoms with Crippen LogP contribution in [0.15, 0.2) is 53.5 Å². The predicted molar refractivity (Wildman–Crippen MR) is 111 cm³/mol. The summed E-state index contributed by atoms with van der Waals surface area (Å²) in [6.45, 7) is 0. The van der Waals surface area contributed by atoms with Gasteiger partial charge >= 0.3 is 0 Å². The molecule has 0 bridgehead atoms. The van der Waals surface area contributed by atoms with Gasteiger partial charge in [-0.2, -0.15) is 4.99 Å². The number of hydrogen-bond donors (Lipinski definition) is 0. The normalized spacial score (nSPS) is 25.0. The first-order chi connectivity index (χ1) is 12.9. The molecule has 2 fully saturated rings. The molecule has 0 aromatic heterocycles. The van der Waals surface area contributed by atoms with Gasteiger partial charge in [-0.1, -0.05) is 59.2 Å². The average molecular weight is 441 g/mol. The van der Waals surface area contributed by atoms with Crippen molar-refractivity contribution in [3.8, 4) is 0 Å². The first-order valence-electron chi connectivity index (χ1n) is 8.14. The van der Waals surface area contributed by atoms with E-state index in [-0.39, 0.29) is 28.7 Å². The number of amides is 1. The second-order valence-corrected chi connectivity index (χ2v) is 10.5. The third kappa shape index (κ3) is 3.61. The van der Waals surface area contributed by atoms with Crippen LogP contribution in [0.1, 0.15) is 10.4 Å². The van der Waals surface area contributed by atoms with E-state index in [0.717, 1.165) is 0 Å². The molecule has 2 saturated heterocycles. The monoisotopic (exact) mass is 440 g/mol. The fraction of sp³-hybridized carbons (Fsp3) is 0.222. The quantitative estimate of drug-likeness (QED) is 0.707. The Morgan fingerprint density at radius 2 is 1.81 bits per heavy atom. The van der Waals surface area contributed by atoms with Crippen LogP contribution in [0.4, 0.5) is 5.69 Å². The van der Waals surface area contributed by atoms with Gasteiger partial charge in [0, 0.05) is 10.8 Å². The summed E-state index contributed by atoms with van der Waals surface area (Å²) in [5.41, 5.74) is 1.02. The van der Waals surface area contributed by atoms with Gasteiger partial charge in [0.2, 0.25) is 0 Å². The minimum Gasteiger partial charge on any atom is -0.314 e. The van der Waals surface area contributed by atoms with Crippen molar-refractivity contribution in [3.05, 3.63) is 64.1 Å². The Bertz CT molecular complexity index is 1040. The Balaban J connectivity index is 1.78. The number of benzene rings is 2. The molecular formula is C18H14Cl2N2O3S2. The number of carbonyl (C=O) groups excluding carboxylic acids is 1. The van der Waals surface area contributed by atoms with Crippen molar-refractivity contribution in [2.24, 2.45) is 4.99 Å². The zero-order chi connectivity index (χ0) is 19.2. The maximum absolute atomic E-state index is 12.6. The second-order valence-electron chi connectivity index (χ2n) is 6.31. The van der Waals surface area contributed by atoms with E-state index in [0.29, 0.717) is 26.5 Å². The molecule has 1 amide bonds. The summed E-state index contributed by atoms with van der Waals surface area (Å²) in [7, 11) is -3.15. The molecule has 2 heterocycles. The molecule has 5 nitrogen and oxygen atoms in total. The highest BCUT2D eigenvalue weighted by Gasteiger charge is 2.49. The van der Waals surface area contributed by atoms with Crippen LogP contribution in [-0.2, 0) is 9.84 Å². The predicted octanol–water partition coefficient (Wildman–Crippen LogP) is 3.91. The van der Waals surface area contributed by atoms with E-state index < -0.39 is 9.84 Å². The van der Waals surface area contributed by atoms with Gasteiger partial charge in [0.05, 0.1) is 33.3 Å². The molecule has 0 saturated carbocycles. The number of aliphatic imine (C=N–C) groups is 1. The molecule has 0 N–H and O–H groups in total. The summed E-state index contributed by atoms with van der Waals surface area (Å²) < 4.78 is 24.2. The molecule has 2 aromatic carbocycles. The van der Waals surface area contributed by atoms with Gasteiger partial charge in [-0.15, -0.1) is 0 Å². The van der Waals surface area contributed by atoms with Gasteiger partial charge in [0.25, 0.3) is 5.91 Å². The van der Waals surface area contributed by atoms with Gasteiger partial charge in [-0.3, -0.25) is 4.79 Å². The molecule has 0 unspecified atom stereocenters. The number of amidine groups is 1. The molecule has 140 valence electrons. The minimum atomic E-state index is -3.15. The molecule has 2 aliphatic heterocycles. The van der Waals surface area contributed by atoms with Crippen LogP contribution in [0.3, 0.4) is 0 Å². The number of nitrogens with zero attached hydrogens (tertiary/aromatic N) is 2. The summed E-state index contributed by atoms with van der Waals surface area (Å²) in [5, 5.41) is 0.909. The lowest BCUT2D eigenvalue weighted by Gasteiger charge is -2.25. The van der Waals surface area contributed by atoms with E-state index in [1.807, 2.05) is 6.07 Å². The second kappa shape index (κ2) is 7.13. The number of thioether (sulfide) groups is 1. The highest BCUT2D eigenvalue weighted by molar-refractivity contribution is 8.16. The van der Waals surface area contributed by atoms with Crippen LogP contribution in [0, 0.1) is 0 Å². The summed E-state index contributed by atoms with van der Waals surface area (Å²) in [4.78, 5) is 18.6. The van der Waals surface area contributed by atoms with Crippen LogP contribution in [0.2, 0.25) is 10.0 Å². The van der Waals surface area contributed by atoms with E-state index in [2.05, 4.69) is 4.99 Å². The van der Waals surface area contributed by atoms with Crippen molar-refractivity contribution in [1.82, 2.24) is 0 Å². The maximum atomic E-state index is 12.6. The highest BCUT2D eigenvalue weighted by atomic mass is 35.5. The zero-order valence-electron chi connectivity index (χ0n) is 13.9. The van der Waals surface area contributed by atoms with E-state index in [1.54, 1.807) is 47.4 Å². The van der Waals surface area contributed by atoms with Crippen LogP contribution in [-0.4, -0.2) is 42.3 Å². The first-order valence-corrected chi connectivity index (χ1v) is 11.6. The zero-order valence-corrected chi connectivity index (χ0v) is 17.0. The minimum absolute atomic E-state index is 0.00788. The summed E-state index contributed by atoms with van der Waals surface area (Å²) in [6, 6.07) is 13.5. The van der Waals surface area contributed by atoms with Gasteiger partial charge < -0.3 is 4.90 Å². The lowest BCUT2D eigenvalue weighted by molar-refractivity contribution is 0.100. The van der Waals surface area contributed by atoms with Gasteiger partial charge in [-0.25, -0.2) is 8.42 Å². The number of carbonyl (C=O) groups is 1. The Labute approximate surface area is 171 Å². The molecule has 0 spiro atoms. The number of sulfone groups is 1. The summed E-state index contributed by atoms with van der Waals surface area (Å²) in [6.07, 6.45) is 0. The van der Waals surface area contributed by atoms with Gasteiger partial charge in [-0.05, 0) is 24.3 Å². The van der Waals surface area contributed by atoms with Crippen LogP contribution in [0.25, 0.3) is 0 Å². The van der Waals surface area contributed by atoms with Crippen LogP contribution in [0.5, 0.6) is 0 Å². The van der Waals surface area contributed by atoms with Gasteiger partial charge in [0.15, 0.2) is 15.0 Å². The number of anilines is 1. The summed E-state index contributed by atoms with van der Waals surface area (Å²) in [5.74, 6) is -0.342. The standard InChI is InChI=1S/C18H14Cl2N2O3S2/c19-12-7-4-8-13(16(12)20)22-14-9-27(24,25)10-15(14)26-18(22)21-17(23)11-5-2-1-3-6-11/h1-8,14-15H,9-10H2/t14-,15+/m1/s1. The largest absolute Gasteiger partial charge is 0.314 e. The topological polar surface area (TPSA) is 66.8 Å². The molecule has 2 atom stereocenters. The molecular weight excluding hydrogens is 427 g/mol. The van der Waals surface area contributed by atoms with Crippen molar-refractivity contribution in [2.45, 2.75) is 11.3 Å². The number of fused-ring (bicyclic) bond motifs is 1. The molecule has 4 rings (SSSR count). The van der Waals surface area contributed by atoms with E-state index in [1.165, 1.54) is 11.8 Å².